The molecule has 1 aromatic heterocycles. The molecule has 1 saturated heterocycles. The highest BCUT2D eigenvalue weighted by Crippen LogP contribution is 2.25. The van der Waals surface area contributed by atoms with Crippen molar-refractivity contribution in [1.29, 1.82) is 0 Å². The van der Waals surface area contributed by atoms with Crippen LogP contribution in [0.2, 0.25) is 0 Å². The van der Waals surface area contributed by atoms with Gasteiger partial charge in [0.15, 0.2) is 0 Å². The lowest BCUT2D eigenvalue weighted by Crippen LogP contribution is -2.43. The summed E-state index contributed by atoms with van der Waals surface area (Å²) in [7, 11) is 0. The zero-order valence-corrected chi connectivity index (χ0v) is 14.1. The SMILES string of the molecule is Cc1ccc(NC(=O)[C@@H]2CCCCN2)c2cccnc12.Cl.Cl. The van der Waals surface area contributed by atoms with Crippen molar-refractivity contribution in [3.05, 3.63) is 36.0 Å². The number of fused-ring (bicyclic) bond motifs is 1. The van der Waals surface area contributed by atoms with Crippen LogP contribution in [0.5, 0.6) is 0 Å². The first-order valence-electron chi connectivity index (χ1n) is 7.14. The third kappa shape index (κ3) is 3.88. The van der Waals surface area contributed by atoms with E-state index in [2.05, 4.69) is 15.6 Å². The average Bonchev–Trinajstić information content (AvgIpc) is 2.51. The van der Waals surface area contributed by atoms with Gasteiger partial charge in [0.25, 0.3) is 0 Å². The molecule has 1 atom stereocenters. The number of aryl methyl sites for hydroxylation is 1. The third-order valence-corrected chi connectivity index (χ3v) is 3.86. The molecule has 1 fully saturated rings. The molecule has 0 unspecified atom stereocenters. The van der Waals surface area contributed by atoms with E-state index >= 15 is 0 Å². The van der Waals surface area contributed by atoms with Crippen molar-refractivity contribution in [3.8, 4) is 0 Å². The number of anilines is 1. The van der Waals surface area contributed by atoms with Gasteiger partial charge in [-0.05, 0) is 50.1 Å². The molecule has 1 aliphatic rings. The highest BCUT2D eigenvalue weighted by atomic mass is 35.5. The van der Waals surface area contributed by atoms with Gasteiger partial charge in [-0.15, -0.1) is 24.8 Å². The monoisotopic (exact) mass is 341 g/mol. The Balaban J connectivity index is 0.00000121. The van der Waals surface area contributed by atoms with E-state index in [4.69, 9.17) is 0 Å². The Kier molecular flexibility index (Phi) is 7.07. The molecule has 1 aromatic carbocycles. The number of benzene rings is 1. The molecule has 3 rings (SSSR count). The minimum Gasteiger partial charge on any atom is -0.324 e. The number of amides is 1. The number of piperidine rings is 1. The van der Waals surface area contributed by atoms with Crippen LogP contribution in [0.25, 0.3) is 10.9 Å². The Bertz CT molecular complexity index is 642. The van der Waals surface area contributed by atoms with Crippen LogP contribution < -0.4 is 10.6 Å². The average molecular weight is 342 g/mol. The Hall–Kier alpha value is -1.36. The van der Waals surface area contributed by atoms with Gasteiger partial charge >= 0.3 is 0 Å². The molecular formula is C16H21Cl2N3O. The van der Waals surface area contributed by atoms with Gasteiger partial charge in [0.1, 0.15) is 0 Å². The third-order valence-electron chi connectivity index (χ3n) is 3.86. The highest BCUT2D eigenvalue weighted by Gasteiger charge is 2.21. The van der Waals surface area contributed by atoms with E-state index in [1.165, 1.54) is 0 Å². The molecule has 6 heteroatoms. The van der Waals surface area contributed by atoms with Crippen LogP contribution in [-0.4, -0.2) is 23.5 Å². The molecule has 0 radical (unpaired) electrons. The van der Waals surface area contributed by atoms with Crippen molar-refractivity contribution >= 4 is 47.3 Å². The molecule has 0 spiro atoms. The van der Waals surface area contributed by atoms with E-state index in [9.17, 15) is 4.79 Å². The van der Waals surface area contributed by atoms with Crippen molar-refractivity contribution in [2.75, 3.05) is 11.9 Å². The summed E-state index contributed by atoms with van der Waals surface area (Å²) in [4.78, 5) is 16.7. The van der Waals surface area contributed by atoms with Gasteiger partial charge in [-0.25, -0.2) is 0 Å². The van der Waals surface area contributed by atoms with Crippen molar-refractivity contribution in [2.24, 2.45) is 0 Å². The predicted octanol–water partition coefficient (Wildman–Crippen LogP) is 3.47. The molecule has 22 heavy (non-hydrogen) atoms. The van der Waals surface area contributed by atoms with Crippen LogP contribution in [0.15, 0.2) is 30.5 Å². The quantitative estimate of drug-likeness (QED) is 0.879. The molecule has 0 bridgehead atoms. The Morgan fingerprint density at radius 3 is 2.82 bits per heavy atom. The first-order chi connectivity index (χ1) is 9.75. The fraction of sp³-hybridized carbons (Fsp3) is 0.375. The summed E-state index contributed by atoms with van der Waals surface area (Å²) in [6.45, 7) is 2.96. The maximum absolute atomic E-state index is 12.3. The van der Waals surface area contributed by atoms with E-state index in [-0.39, 0.29) is 36.8 Å². The lowest BCUT2D eigenvalue weighted by Gasteiger charge is -2.22. The first-order valence-corrected chi connectivity index (χ1v) is 7.14. The van der Waals surface area contributed by atoms with Crippen LogP contribution in [0.3, 0.4) is 0 Å². The molecule has 2 heterocycles. The van der Waals surface area contributed by atoms with E-state index in [0.29, 0.717) is 0 Å². The van der Waals surface area contributed by atoms with E-state index in [0.717, 1.165) is 48.0 Å². The first kappa shape index (κ1) is 18.7. The van der Waals surface area contributed by atoms with Crippen LogP contribution in [-0.2, 0) is 4.79 Å². The number of hydrogen-bond acceptors (Lipinski definition) is 3. The van der Waals surface area contributed by atoms with Gasteiger partial charge in [0.05, 0.1) is 17.2 Å². The topological polar surface area (TPSA) is 54.0 Å². The summed E-state index contributed by atoms with van der Waals surface area (Å²) in [5.74, 6) is 0.0544. The van der Waals surface area contributed by atoms with Crippen LogP contribution in [0.1, 0.15) is 24.8 Å². The molecule has 1 aliphatic heterocycles. The van der Waals surface area contributed by atoms with Crippen molar-refractivity contribution in [2.45, 2.75) is 32.2 Å². The smallest absolute Gasteiger partial charge is 0.241 e. The summed E-state index contributed by atoms with van der Waals surface area (Å²) in [5.41, 5.74) is 2.91. The Labute approximate surface area is 142 Å². The maximum Gasteiger partial charge on any atom is 0.241 e. The number of pyridine rings is 1. The second-order valence-electron chi connectivity index (χ2n) is 5.32. The van der Waals surface area contributed by atoms with E-state index in [1.807, 2.05) is 31.2 Å². The largest absolute Gasteiger partial charge is 0.324 e. The van der Waals surface area contributed by atoms with Gasteiger partial charge in [0.2, 0.25) is 5.91 Å². The van der Waals surface area contributed by atoms with Crippen molar-refractivity contribution < 1.29 is 4.79 Å². The normalized spacial score (nSPS) is 17.2. The molecule has 0 aliphatic carbocycles. The molecule has 2 aromatic rings. The number of aromatic nitrogens is 1. The molecule has 2 N–H and O–H groups in total. The highest BCUT2D eigenvalue weighted by molar-refractivity contribution is 6.03. The number of rotatable bonds is 2. The van der Waals surface area contributed by atoms with Crippen molar-refractivity contribution in [1.82, 2.24) is 10.3 Å². The molecular weight excluding hydrogens is 321 g/mol. The summed E-state index contributed by atoms with van der Waals surface area (Å²) in [6, 6.07) is 7.78. The minimum absolute atomic E-state index is 0. The second-order valence-corrected chi connectivity index (χ2v) is 5.32. The standard InChI is InChI=1S/C16H19N3O.2ClH/c1-11-7-8-13(12-5-4-10-18-15(11)12)19-16(20)14-6-2-3-9-17-14;;/h4-5,7-8,10,14,17H,2-3,6,9H2,1H3,(H,19,20);2*1H/t14-;;/m0../s1. The zero-order chi connectivity index (χ0) is 13.9. The maximum atomic E-state index is 12.3. The molecule has 1 amide bonds. The summed E-state index contributed by atoms with van der Waals surface area (Å²) >= 11 is 0. The lowest BCUT2D eigenvalue weighted by atomic mass is 10.0. The van der Waals surface area contributed by atoms with Crippen molar-refractivity contribution in [3.63, 3.8) is 0 Å². The Morgan fingerprint density at radius 1 is 1.27 bits per heavy atom. The fourth-order valence-corrected chi connectivity index (χ4v) is 2.72. The van der Waals surface area contributed by atoms with Gasteiger partial charge in [-0.1, -0.05) is 12.5 Å². The zero-order valence-electron chi connectivity index (χ0n) is 12.5. The summed E-state index contributed by atoms with van der Waals surface area (Å²) in [6.07, 6.45) is 4.96. The van der Waals surface area contributed by atoms with Gasteiger partial charge < -0.3 is 10.6 Å². The number of nitrogens with zero attached hydrogens (tertiary/aromatic N) is 1. The minimum atomic E-state index is -0.0724. The van der Waals surface area contributed by atoms with Crippen LogP contribution >= 0.6 is 24.8 Å². The van der Waals surface area contributed by atoms with Gasteiger partial charge in [-0.3, -0.25) is 9.78 Å². The molecule has 4 nitrogen and oxygen atoms in total. The van der Waals surface area contributed by atoms with Crippen LogP contribution in [0.4, 0.5) is 5.69 Å². The number of carbonyl (C=O) groups is 1. The van der Waals surface area contributed by atoms with E-state index < -0.39 is 0 Å². The number of nitrogens with one attached hydrogen (secondary N) is 2. The molecule has 0 saturated carbocycles. The fourth-order valence-electron chi connectivity index (χ4n) is 2.72. The predicted molar refractivity (Wildman–Crippen MR) is 95.2 cm³/mol. The number of carbonyl (C=O) groups excluding carboxylic acids is 1. The summed E-state index contributed by atoms with van der Waals surface area (Å²) in [5, 5.41) is 7.31. The van der Waals surface area contributed by atoms with Gasteiger partial charge in [-0.2, -0.15) is 0 Å². The summed E-state index contributed by atoms with van der Waals surface area (Å²) < 4.78 is 0. The van der Waals surface area contributed by atoms with Crippen LogP contribution in [0, 0.1) is 6.92 Å². The second kappa shape index (κ2) is 8.32. The molecule has 120 valence electrons. The van der Waals surface area contributed by atoms with Gasteiger partial charge in [0, 0.05) is 11.6 Å². The number of halogens is 2. The lowest BCUT2D eigenvalue weighted by molar-refractivity contribution is -0.118. The van der Waals surface area contributed by atoms with E-state index in [1.54, 1.807) is 6.20 Å². The Morgan fingerprint density at radius 2 is 2.09 bits per heavy atom. The number of hydrogen-bond donors (Lipinski definition) is 2.